The van der Waals surface area contributed by atoms with E-state index in [1.165, 1.54) is 17.2 Å². The Morgan fingerprint density at radius 2 is 1.95 bits per heavy atom. The van der Waals surface area contributed by atoms with Gasteiger partial charge in [0.25, 0.3) is 5.91 Å². The molecular formula is C31H32F4N4O2. The van der Waals surface area contributed by atoms with Crippen LogP contribution < -0.4 is 15.1 Å². The van der Waals surface area contributed by atoms with E-state index in [9.17, 15) is 13.6 Å². The number of alkyl halides is 2. The van der Waals surface area contributed by atoms with E-state index >= 15 is 8.78 Å². The number of amides is 1. The minimum Gasteiger partial charge on any atom is -0.359 e. The molecule has 10 heteroatoms. The number of rotatable bonds is 4. The topological polar surface area (TPSA) is 61.0 Å². The number of benzene rings is 1. The number of nitrogens with zero attached hydrogens (tertiary/aromatic N) is 3. The van der Waals surface area contributed by atoms with Gasteiger partial charge < -0.3 is 15.0 Å². The zero-order valence-electron chi connectivity index (χ0n) is 22.8. The van der Waals surface area contributed by atoms with Gasteiger partial charge in [0.15, 0.2) is 0 Å². The molecular weight excluding hydrogens is 536 g/mol. The molecule has 0 spiro atoms. The van der Waals surface area contributed by atoms with Crippen molar-refractivity contribution in [1.82, 2.24) is 10.3 Å². The molecule has 8 atom stereocenters. The Morgan fingerprint density at radius 1 is 1.12 bits per heavy atom. The SMILES string of the molecule is C[C@@]1(NC(=O)C2=CN(c3ccc(F)cc3F)c3nc(N4CC[C@H](F)C4)ccc3C3OC23)CC2CC3CC(F)(CC32)C1. The standard InChI is InChI=1S/C31H32F4N4O2/c1-30(10-16-8-17-11-31(35,15-30)12-21(16)17)37-29(40)22-14-39(24-4-2-18(32)9-23(24)34)28-20(26-27(22)41-26)3-5-25(36-28)38-7-6-19(33)13-38/h2-5,9,14,16-17,19,21,26-27H,6-8,10-13,15H2,1H3,(H,37,40)/t16?,17?,19-,21?,26?,27?,30+,31?/m0/s1. The summed E-state index contributed by atoms with van der Waals surface area (Å²) in [6.45, 7) is 2.64. The number of anilines is 3. The van der Waals surface area contributed by atoms with Crippen molar-refractivity contribution in [3.05, 3.63) is 59.3 Å². The smallest absolute Gasteiger partial charge is 0.251 e. The molecule has 1 amide bonds. The van der Waals surface area contributed by atoms with E-state index in [-0.39, 0.29) is 24.2 Å². The Hall–Kier alpha value is -3.14. The van der Waals surface area contributed by atoms with E-state index in [4.69, 9.17) is 9.72 Å². The van der Waals surface area contributed by atoms with E-state index in [1.807, 2.05) is 17.9 Å². The molecule has 2 saturated heterocycles. The molecule has 6 unspecified atom stereocenters. The van der Waals surface area contributed by atoms with Crippen LogP contribution in [0.15, 0.2) is 42.1 Å². The maximum Gasteiger partial charge on any atom is 0.251 e. The number of halogens is 4. The second-order valence-electron chi connectivity index (χ2n) is 13.3. The highest BCUT2D eigenvalue weighted by atomic mass is 19.1. The van der Waals surface area contributed by atoms with Gasteiger partial charge in [0.2, 0.25) is 0 Å². The van der Waals surface area contributed by atoms with Crippen molar-refractivity contribution < 1.29 is 27.1 Å². The summed E-state index contributed by atoms with van der Waals surface area (Å²) in [5.41, 5.74) is -1.05. The lowest BCUT2D eigenvalue weighted by molar-refractivity contribution is -0.120. The van der Waals surface area contributed by atoms with E-state index in [1.54, 1.807) is 6.07 Å². The van der Waals surface area contributed by atoms with Crippen LogP contribution in [-0.4, -0.2) is 47.5 Å². The van der Waals surface area contributed by atoms with Crippen molar-refractivity contribution in [2.45, 2.75) is 75.0 Å². The van der Waals surface area contributed by atoms with E-state index < -0.39 is 47.1 Å². The molecule has 3 aliphatic carbocycles. The number of carbonyl (C=O) groups is 1. The highest BCUT2D eigenvalue weighted by Crippen LogP contribution is 2.63. The van der Waals surface area contributed by atoms with Gasteiger partial charge in [-0.1, -0.05) is 0 Å². The van der Waals surface area contributed by atoms with E-state index in [2.05, 4.69) is 5.32 Å². The molecule has 3 aliphatic heterocycles. The van der Waals surface area contributed by atoms with Crippen LogP contribution in [0, 0.1) is 29.4 Å². The van der Waals surface area contributed by atoms with Gasteiger partial charge in [0.05, 0.1) is 17.8 Å². The summed E-state index contributed by atoms with van der Waals surface area (Å²) in [6.07, 6.45) is 3.03. The van der Waals surface area contributed by atoms with E-state index in [0.717, 1.165) is 25.0 Å². The number of hydrogen-bond donors (Lipinski definition) is 1. The fourth-order valence-corrected chi connectivity index (χ4v) is 8.52. The number of pyridine rings is 1. The lowest BCUT2D eigenvalue weighted by Gasteiger charge is -2.46. The fourth-order valence-electron chi connectivity index (χ4n) is 8.52. The Balaban J connectivity index is 1.17. The number of hydrogen-bond acceptors (Lipinski definition) is 5. The highest BCUT2D eigenvalue weighted by molar-refractivity contribution is 5.97. The molecule has 6 aliphatic rings. The highest BCUT2D eigenvalue weighted by Gasteiger charge is 2.61. The summed E-state index contributed by atoms with van der Waals surface area (Å²) in [5.74, 6) is 0.225. The van der Waals surface area contributed by atoms with Gasteiger partial charge in [-0.25, -0.2) is 22.5 Å². The third-order valence-corrected chi connectivity index (χ3v) is 10.3. The van der Waals surface area contributed by atoms with Gasteiger partial charge in [0, 0.05) is 36.3 Å². The number of epoxide rings is 1. The molecule has 1 N–H and O–H groups in total. The van der Waals surface area contributed by atoms with Crippen LogP contribution in [0.3, 0.4) is 0 Å². The van der Waals surface area contributed by atoms with Gasteiger partial charge in [-0.2, -0.15) is 0 Å². The van der Waals surface area contributed by atoms with Gasteiger partial charge in [0.1, 0.15) is 47.3 Å². The zero-order valence-corrected chi connectivity index (χ0v) is 22.8. The normalized spacial score (nSPS) is 38.3. The quantitative estimate of drug-likeness (QED) is 0.373. The van der Waals surface area contributed by atoms with Gasteiger partial charge in [-0.3, -0.25) is 9.69 Å². The molecule has 216 valence electrons. The monoisotopic (exact) mass is 568 g/mol. The van der Waals surface area contributed by atoms with Gasteiger partial charge in [-0.05, 0) is 81.0 Å². The molecule has 0 radical (unpaired) electrons. The van der Waals surface area contributed by atoms with Crippen molar-refractivity contribution in [3.63, 3.8) is 0 Å². The second-order valence-corrected chi connectivity index (χ2v) is 13.3. The number of fused-ring (bicyclic) bond motifs is 4. The molecule has 1 aromatic heterocycles. The van der Waals surface area contributed by atoms with Gasteiger partial charge in [-0.15, -0.1) is 0 Å². The van der Waals surface area contributed by atoms with Crippen molar-refractivity contribution in [1.29, 1.82) is 0 Å². The third kappa shape index (κ3) is 4.15. The summed E-state index contributed by atoms with van der Waals surface area (Å²) in [5, 5.41) is 3.16. The van der Waals surface area contributed by atoms with Crippen LogP contribution in [0.2, 0.25) is 0 Å². The lowest BCUT2D eigenvalue weighted by Crippen LogP contribution is -2.53. The van der Waals surface area contributed by atoms with Crippen LogP contribution >= 0.6 is 0 Å². The third-order valence-electron chi connectivity index (χ3n) is 10.3. The first-order valence-corrected chi connectivity index (χ1v) is 14.6. The maximum atomic E-state index is 15.8. The Bertz CT molecular complexity index is 1490. The Morgan fingerprint density at radius 3 is 2.73 bits per heavy atom. The number of aromatic nitrogens is 1. The minimum atomic E-state index is -1.27. The minimum absolute atomic E-state index is 0.0231. The molecule has 6 nitrogen and oxygen atoms in total. The predicted octanol–water partition coefficient (Wildman–Crippen LogP) is 5.81. The first-order chi connectivity index (χ1) is 19.6. The largest absolute Gasteiger partial charge is 0.359 e. The number of carbonyl (C=O) groups excluding carboxylic acids is 1. The fraction of sp³-hybridized carbons (Fsp3) is 0.548. The molecule has 3 saturated carbocycles. The van der Waals surface area contributed by atoms with Crippen LogP contribution in [0.4, 0.5) is 34.9 Å². The van der Waals surface area contributed by atoms with Crippen LogP contribution in [0.5, 0.6) is 0 Å². The molecule has 5 fully saturated rings. The Labute approximate surface area is 235 Å². The van der Waals surface area contributed by atoms with Crippen LogP contribution in [0.1, 0.15) is 57.1 Å². The second kappa shape index (κ2) is 8.69. The zero-order chi connectivity index (χ0) is 28.3. The molecule has 41 heavy (non-hydrogen) atoms. The van der Waals surface area contributed by atoms with Crippen molar-refractivity contribution >= 4 is 23.2 Å². The molecule has 4 heterocycles. The van der Waals surface area contributed by atoms with Crippen molar-refractivity contribution in [2.24, 2.45) is 17.8 Å². The first-order valence-electron chi connectivity index (χ1n) is 14.6. The molecule has 2 bridgehead atoms. The summed E-state index contributed by atoms with van der Waals surface area (Å²) >= 11 is 0. The van der Waals surface area contributed by atoms with E-state index in [0.29, 0.717) is 60.8 Å². The predicted molar refractivity (Wildman–Crippen MR) is 144 cm³/mol. The number of nitrogens with one attached hydrogen (secondary N) is 1. The van der Waals surface area contributed by atoms with Crippen molar-refractivity contribution in [2.75, 3.05) is 22.9 Å². The lowest BCUT2D eigenvalue weighted by atomic mass is 9.62. The summed E-state index contributed by atoms with van der Waals surface area (Å²) < 4.78 is 64.9. The van der Waals surface area contributed by atoms with Crippen LogP contribution in [0.25, 0.3) is 0 Å². The first kappa shape index (κ1) is 25.6. The van der Waals surface area contributed by atoms with Gasteiger partial charge >= 0.3 is 0 Å². The molecule has 1 aromatic carbocycles. The van der Waals surface area contributed by atoms with Crippen LogP contribution in [-0.2, 0) is 9.53 Å². The summed E-state index contributed by atoms with van der Waals surface area (Å²) in [4.78, 5) is 22.0. The average Bonchev–Trinajstić information content (AvgIpc) is 3.53. The maximum absolute atomic E-state index is 15.8. The number of ether oxygens (including phenoxy) is 1. The summed E-state index contributed by atoms with van der Waals surface area (Å²) in [6, 6.07) is 6.86. The average molecular weight is 569 g/mol. The summed E-state index contributed by atoms with van der Waals surface area (Å²) in [7, 11) is 0. The molecule has 8 rings (SSSR count). The van der Waals surface area contributed by atoms with Crippen molar-refractivity contribution in [3.8, 4) is 0 Å². The Kier molecular flexibility index (Phi) is 5.42. The molecule has 2 aromatic rings.